The monoisotopic (exact) mass is 254 g/mol. The highest BCUT2D eigenvalue weighted by Gasteiger charge is 2.37. The standard InChI is InChI=1S/C12H18N2O2S/c1-7-4-10-11(5-8(7)2)17(15,16)12(6-13)9(3)14-10/h4-5,9,12,14H,6,13H2,1-3H3. The molecule has 0 amide bonds. The lowest BCUT2D eigenvalue weighted by molar-refractivity contribution is 0.560. The molecule has 0 aromatic heterocycles. The first-order chi connectivity index (χ1) is 7.87. The Morgan fingerprint density at radius 2 is 1.88 bits per heavy atom. The average molecular weight is 254 g/mol. The molecule has 1 aliphatic heterocycles. The van der Waals surface area contributed by atoms with Crippen molar-refractivity contribution in [2.24, 2.45) is 5.73 Å². The summed E-state index contributed by atoms with van der Waals surface area (Å²) < 4.78 is 24.8. The van der Waals surface area contributed by atoms with Crippen LogP contribution < -0.4 is 11.1 Å². The van der Waals surface area contributed by atoms with Crippen molar-refractivity contribution in [3.05, 3.63) is 23.3 Å². The van der Waals surface area contributed by atoms with Crippen molar-refractivity contribution >= 4 is 15.5 Å². The van der Waals surface area contributed by atoms with Crippen LogP contribution in [-0.4, -0.2) is 26.3 Å². The summed E-state index contributed by atoms with van der Waals surface area (Å²) in [6.07, 6.45) is 0. The fourth-order valence-electron chi connectivity index (χ4n) is 2.24. The topological polar surface area (TPSA) is 72.2 Å². The first kappa shape index (κ1) is 12.4. The summed E-state index contributed by atoms with van der Waals surface area (Å²) in [6, 6.07) is 3.48. The van der Waals surface area contributed by atoms with Gasteiger partial charge >= 0.3 is 0 Å². The van der Waals surface area contributed by atoms with Crippen LogP contribution in [-0.2, 0) is 9.84 Å². The molecule has 4 nitrogen and oxygen atoms in total. The van der Waals surface area contributed by atoms with Gasteiger partial charge in [0, 0.05) is 12.6 Å². The quantitative estimate of drug-likeness (QED) is 0.790. The third-order valence-corrected chi connectivity index (χ3v) is 5.82. The SMILES string of the molecule is Cc1cc2c(cc1C)S(=O)(=O)C(CN)C(C)N2. The van der Waals surface area contributed by atoms with E-state index in [0.29, 0.717) is 10.6 Å². The number of hydrogen-bond donors (Lipinski definition) is 2. The number of aryl methyl sites for hydroxylation is 2. The van der Waals surface area contributed by atoms with Crippen LogP contribution in [0.5, 0.6) is 0 Å². The third kappa shape index (κ3) is 1.83. The highest BCUT2D eigenvalue weighted by atomic mass is 32.2. The molecule has 0 spiro atoms. The molecular formula is C12H18N2O2S. The van der Waals surface area contributed by atoms with E-state index >= 15 is 0 Å². The predicted octanol–water partition coefficient (Wildman–Crippen LogP) is 1.22. The van der Waals surface area contributed by atoms with Crippen LogP contribution in [0, 0.1) is 13.8 Å². The van der Waals surface area contributed by atoms with Crippen LogP contribution in [0.3, 0.4) is 0 Å². The lowest BCUT2D eigenvalue weighted by Gasteiger charge is -2.32. The van der Waals surface area contributed by atoms with Gasteiger partial charge in [0.05, 0.1) is 15.8 Å². The second-order valence-corrected chi connectivity index (χ2v) is 6.82. The van der Waals surface area contributed by atoms with Crippen LogP contribution >= 0.6 is 0 Å². The summed E-state index contributed by atoms with van der Waals surface area (Å²) >= 11 is 0. The van der Waals surface area contributed by atoms with Crippen molar-refractivity contribution in [2.45, 2.75) is 37.0 Å². The van der Waals surface area contributed by atoms with Gasteiger partial charge in [-0.15, -0.1) is 0 Å². The van der Waals surface area contributed by atoms with Crippen molar-refractivity contribution in [2.75, 3.05) is 11.9 Å². The molecule has 1 aromatic carbocycles. The Morgan fingerprint density at radius 1 is 1.29 bits per heavy atom. The van der Waals surface area contributed by atoms with Crippen LogP contribution in [0.1, 0.15) is 18.1 Å². The van der Waals surface area contributed by atoms with Gasteiger partial charge in [-0.05, 0) is 44.0 Å². The molecule has 0 aliphatic carbocycles. The number of sulfone groups is 1. The summed E-state index contributed by atoms with van der Waals surface area (Å²) in [5, 5.41) is 2.68. The molecule has 2 unspecified atom stereocenters. The van der Waals surface area contributed by atoms with Gasteiger partial charge in [-0.1, -0.05) is 0 Å². The van der Waals surface area contributed by atoms with Crippen molar-refractivity contribution in [3.63, 3.8) is 0 Å². The highest BCUT2D eigenvalue weighted by Crippen LogP contribution is 2.34. The third-order valence-electron chi connectivity index (χ3n) is 3.47. The molecule has 1 heterocycles. The molecule has 1 aliphatic rings. The van der Waals surface area contributed by atoms with Crippen LogP contribution in [0.2, 0.25) is 0 Å². The van der Waals surface area contributed by atoms with Gasteiger partial charge in [0.15, 0.2) is 9.84 Å². The molecule has 5 heteroatoms. The second kappa shape index (κ2) is 3.99. The lowest BCUT2D eigenvalue weighted by Crippen LogP contribution is -2.46. The van der Waals surface area contributed by atoms with Crippen molar-refractivity contribution in [3.8, 4) is 0 Å². The van der Waals surface area contributed by atoms with Crippen molar-refractivity contribution in [1.82, 2.24) is 0 Å². The fourth-order valence-corrected chi connectivity index (χ4v) is 4.19. The number of nitrogens with one attached hydrogen (secondary N) is 1. The summed E-state index contributed by atoms with van der Waals surface area (Å²) in [5.74, 6) is 0. The minimum atomic E-state index is -3.31. The number of nitrogens with two attached hydrogens (primary N) is 1. The van der Waals surface area contributed by atoms with E-state index in [4.69, 9.17) is 5.73 Å². The highest BCUT2D eigenvalue weighted by molar-refractivity contribution is 7.92. The Labute approximate surface area is 102 Å². The minimum absolute atomic E-state index is 0.142. The van der Waals surface area contributed by atoms with Crippen LogP contribution in [0.15, 0.2) is 17.0 Å². The summed E-state index contributed by atoms with van der Waals surface area (Å²) in [5.41, 5.74) is 8.35. The second-order valence-electron chi connectivity index (χ2n) is 4.68. The molecule has 94 valence electrons. The van der Waals surface area contributed by atoms with E-state index in [1.54, 1.807) is 6.07 Å². The Balaban J connectivity index is 2.67. The van der Waals surface area contributed by atoms with Crippen LogP contribution in [0.4, 0.5) is 5.69 Å². The molecule has 0 saturated carbocycles. The molecule has 17 heavy (non-hydrogen) atoms. The zero-order valence-corrected chi connectivity index (χ0v) is 11.1. The largest absolute Gasteiger partial charge is 0.380 e. The number of benzene rings is 1. The average Bonchev–Trinajstić information content (AvgIpc) is 2.21. The van der Waals surface area contributed by atoms with Gasteiger partial charge < -0.3 is 11.1 Å². The fraction of sp³-hybridized carbons (Fsp3) is 0.500. The summed E-state index contributed by atoms with van der Waals surface area (Å²) in [6.45, 7) is 5.89. The number of hydrogen-bond acceptors (Lipinski definition) is 4. The Morgan fingerprint density at radius 3 is 2.47 bits per heavy atom. The van der Waals surface area contributed by atoms with Gasteiger partial charge in [-0.25, -0.2) is 8.42 Å². The lowest BCUT2D eigenvalue weighted by atomic mass is 10.1. The minimum Gasteiger partial charge on any atom is -0.380 e. The van der Waals surface area contributed by atoms with E-state index < -0.39 is 15.1 Å². The maximum atomic E-state index is 12.4. The Kier molecular flexibility index (Phi) is 2.91. The molecule has 3 N–H and O–H groups in total. The molecule has 2 rings (SSSR count). The van der Waals surface area contributed by atoms with Gasteiger partial charge in [0.25, 0.3) is 0 Å². The number of fused-ring (bicyclic) bond motifs is 1. The predicted molar refractivity (Wildman–Crippen MR) is 69.0 cm³/mol. The molecule has 0 fully saturated rings. The first-order valence-electron chi connectivity index (χ1n) is 5.69. The van der Waals surface area contributed by atoms with Crippen LogP contribution in [0.25, 0.3) is 0 Å². The van der Waals surface area contributed by atoms with E-state index in [1.807, 2.05) is 26.8 Å². The van der Waals surface area contributed by atoms with E-state index in [0.717, 1.165) is 11.1 Å². The maximum absolute atomic E-state index is 12.4. The zero-order valence-electron chi connectivity index (χ0n) is 10.3. The zero-order chi connectivity index (χ0) is 12.8. The van der Waals surface area contributed by atoms with Crippen molar-refractivity contribution < 1.29 is 8.42 Å². The molecule has 0 radical (unpaired) electrons. The summed E-state index contributed by atoms with van der Waals surface area (Å²) in [4.78, 5) is 0.383. The molecule has 2 atom stereocenters. The first-order valence-corrected chi connectivity index (χ1v) is 7.24. The molecular weight excluding hydrogens is 236 g/mol. The van der Waals surface area contributed by atoms with Gasteiger partial charge in [-0.3, -0.25) is 0 Å². The molecule has 1 aromatic rings. The van der Waals surface area contributed by atoms with E-state index in [1.165, 1.54) is 0 Å². The smallest absolute Gasteiger partial charge is 0.186 e. The van der Waals surface area contributed by atoms with E-state index in [2.05, 4.69) is 5.32 Å². The van der Waals surface area contributed by atoms with E-state index in [9.17, 15) is 8.42 Å². The normalized spacial score (nSPS) is 26.1. The Bertz CT molecular complexity index is 552. The number of rotatable bonds is 1. The van der Waals surface area contributed by atoms with E-state index in [-0.39, 0.29) is 12.6 Å². The van der Waals surface area contributed by atoms with Gasteiger partial charge in [-0.2, -0.15) is 0 Å². The number of anilines is 1. The summed E-state index contributed by atoms with van der Waals surface area (Å²) in [7, 11) is -3.31. The molecule has 0 bridgehead atoms. The maximum Gasteiger partial charge on any atom is 0.186 e. The Hall–Kier alpha value is -1.07. The van der Waals surface area contributed by atoms with Gasteiger partial charge in [0.2, 0.25) is 0 Å². The molecule has 0 saturated heterocycles. The van der Waals surface area contributed by atoms with Gasteiger partial charge in [0.1, 0.15) is 0 Å². The van der Waals surface area contributed by atoms with Crippen molar-refractivity contribution in [1.29, 1.82) is 0 Å².